The summed E-state index contributed by atoms with van der Waals surface area (Å²) in [5.41, 5.74) is 0.937. The molecule has 1 amide bonds. The number of likely N-dealkylation sites (tertiary alicyclic amines) is 2. The van der Waals surface area contributed by atoms with Gasteiger partial charge in [-0.1, -0.05) is 23.5 Å². The van der Waals surface area contributed by atoms with Crippen LogP contribution in [0.1, 0.15) is 32.6 Å². The summed E-state index contributed by atoms with van der Waals surface area (Å²) in [6.45, 7) is 5.29. The van der Waals surface area contributed by atoms with E-state index in [2.05, 4.69) is 9.88 Å². The van der Waals surface area contributed by atoms with Crippen molar-refractivity contribution >= 4 is 33.4 Å². The fraction of sp³-hybridized carbons (Fsp3) is 0.444. The maximum atomic E-state index is 12.4. The number of thiazole rings is 1. The second kappa shape index (κ2) is 11.3. The van der Waals surface area contributed by atoms with Crippen molar-refractivity contribution in [3.05, 3.63) is 48.5 Å². The van der Waals surface area contributed by atoms with E-state index in [1.807, 2.05) is 48.5 Å². The Labute approximate surface area is 214 Å². The second-order valence-electron chi connectivity index (χ2n) is 9.05. The molecule has 5 rings (SSSR count). The summed E-state index contributed by atoms with van der Waals surface area (Å²) < 4.78 is 18.1. The van der Waals surface area contributed by atoms with Crippen molar-refractivity contribution in [2.75, 3.05) is 32.8 Å². The fourth-order valence-electron chi connectivity index (χ4n) is 4.94. The molecular weight excluding hydrogens is 478 g/mol. The smallest absolute Gasteiger partial charge is 0.328 e. The summed E-state index contributed by atoms with van der Waals surface area (Å²) in [7, 11) is 0. The Kier molecular flexibility index (Phi) is 7.67. The number of carbonyl (C=O) groups is 2. The molecule has 2 aromatic carbocycles. The highest BCUT2D eigenvalue weighted by Crippen LogP contribution is 2.32. The molecule has 2 aliphatic heterocycles. The molecule has 2 aliphatic rings. The van der Waals surface area contributed by atoms with Crippen LogP contribution in [0.4, 0.5) is 0 Å². The number of carbonyl (C=O) groups excluding carboxylic acids is 2. The van der Waals surface area contributed by atoms with Gasteiger partial charge >= 0.3 is 5.97 Å². The molecule has 1 atom stereocenters. The highest BCUT2D eigenvalue weighted by atomic mass is 32.1. The third kappa shape index (κ3) is 5.63. The SMILES string of the molecule is CCOC(=O)C1CCC(=O)N1C1CCN(CCOc2ccc(Oc3nc4ccccc4s3)cc2)CC1. The lowest BCUT2D eigenvalue weighted by atomic mass is 10.0. The van der Waals surface area contributed by atoms with E-state index in [1.165, 1.54) is 11.3 Å². The van der Waals surface area contributed by atoms with Gasteiger partial charge in [-0.05, 0) is 62.6 Å². The number of nitrogens with zero attached hydrogens (tertiary/aromatic N) is 3. The van der Waals surface area contributed by atoms with Crippen LogP contribution in [-0.2, 0) is 14.3 Å². The molecule has 0 saturated carbocycles. The predicted molar refractivity (Wildman–Crippen MR) is 138 cm³/mol. The van der Waals surface area contributed by atoms with Crippen LogP contribution in [0.15, 0.2) is 48.5 Å². The third-order valence-electron chi connectivity index (χ3n) is 6.74. The summed E-state index contributed by atoms with van der Waals surface area (Å²) in [6.07, 6.45) is 2.72. The molecule has 9 heteroatoms. The Morgan fingerprint density at radius 3 is 2.56 bits per heavy atom. The summed E-state index contributed by atoms with van der Waals surface area (Å²) in [5.74, 6) is 1.32. The zero-order chi connectivity index (χ0) is 24.9. The van der Waals surface area contributed by atoms with Gasteiger partial charge < -0.3 is 19.1 Å². The van der Waals surface area contributed by atoms with Gasteiger partial charge in [0.1, 0.15) is 24.1 Å². The van der Waals surface area contributed by atoms with Crippen molar-refractivity contribution < 1.29 is 23.8 Å². The van der Waals surface area contributed by atoms with Gasteiger partial charge in [0.2, 0.25) is 5.91 Å². The molecular formula is C27H31N3O5S. The number of aromatic nitrogens is 1. The van der Waals surface area contributed by atoms with E-state index in [4.69, 9.17) is 14.2 Å². The van der Waals surface area contributed by atoms with Crippen LogP contribution in [0.25, 0.3) is 10.2 Å². The lowest BCUT2D eigenvalue weighted by Crippen LogP contribution is -2.51. The summed E-state index contributed by atoms with van der Waals surface area (Å²) in [4.78, 5) is 33.4. The maximum Gasteiger partial charge on any atom is 0.328 e. The standard InChI is InChI=1S/C27H31N3O5S/c1-2-33-26(32)23-11-12-25(31)30(23)19-13-15-29(16-14-19)17-18-34-20-7-9-21(10-8-20)35-27-28-22-5-3-4-6-24(22)36-27/h3-10,19,23H,2,11-18H2,1H3. The van der Waals surface area contributed by atoms with Crippen LogP contribution in [0.3, 0.4) is 0 Å². The Hall–Kier alpha value is -3.17. The van der Waals surface area contributed by atoms with E-state index >= 15 is 0 Å². The first kappa shape index (κ1) is 24.5. The number of piperidine rings is 1. The first-order valence-electron chi connectivity index (χ1n) is 12.6. The van der Waals surface area contributed by atoms with Gasteiger partial charge in [-0.15, -0.1) is 0 Å². The zero-order valence-corrected chi connectivity index (χ0v) is 21.2. The van der Waals surface area contributed by atoms with Crippen molar-refractivity contribution in [1.29, 1.82) is 0 Å². The molecule has 190 valence electrons. The van der Waals surface area contributed by atoms with Crippen molar-refractivity contribution in [2.45, 2.75) is 44.7 Å². The van der Waals surface area contributed by atoms with E-state index in [9.17, 15) is 9.59 Å². The van der Waals surface area contributed by atoms with E-state index in [0.29, 0.717) is 31.2 Å². The van der Waals surface area contributed by atoms with Crippen LogP contribution < -0.4 is 9.47 Å². The van der Waals surface area contributed by atoms with Crippen LogP contribution in [0.5, 0.6) is 16.7 Å². The van der Waals surface area contributed by atoms with Crippen molar-refractivity contribution in [2.24, 2.45) is 0 Å². The third-order valence-corrected chi connectivity index (χ3v) is 7.66. The number of hydrogen-bond acceptors (Lipinski definition) is 8. The van der Waals surface area contributed by atoms with Crippen LogP contribution >= 0.6 is 11.3 Å². The maximum absolute atomic E-state index is 12.4. The lowest BCUT2D eigenvalue weighted by Gasteiger charge is -2.38. The average Bonchev–Trinajstić information content (AvgIpc) is 3.48. The number of hydrogen-bond donors (Lipinski definition) is 0. The normalized spacial score (nSPS) is 19.1. The molecule has 0 bridgehead atoms. The Morgan fingerprint density at radius 2 is 1.81 bits per heavy atom. The van der Waals surface area contributed by atoms with Crippen molar-refractivity contribution in [3.8, 4) is 16.7 Å². The van der Waals surface area contributed by atoms with Crippen molar-refractivity contribution in [1.82, 2.24) is 14.8 Å². The van der Waals surface area contributed by atoms with Gasteiger partial charge in [-0.2, -0.15) is 0 Å². The fourth-order valence-corrected chi connectivity index (χ4v) is 5.78. The average molecular weight is 510 g/mol. The van der Waals surface area contributed by atoms with Gasteiger partial charge in [0.05, 0.1) is 16.8 Å². The number of amides is 1. The number of para-hydroxylation sites is 1. The Balaban J connectivity index is 1.05. The molecule has 0 spiro atoms. The number of fused-ring (bicyclic) bond motifs is 1. The molecule has 0 aliphatic carbocycles. The second-order valence-corrected chi connectivity index (χ2v) is 10.0. The minimum atomic E-state index is -0.418. The molecule has 0 N–H and O–H groups in total. The summed E-state index contributed by atoms with van der Waals surface area (Å²) >= 11 is 1.52. The molecule has 2 fully saturated rings. The van der Waals surface area contributed by atoms with E-state index in [0.717, 1.165) is 54.2 Å². The first-order valence-corrected chi connectivity index (χ1v) is 13.4. The van der Waals surface area contributed by atoms with Gasteiger partial charge in [0, 0.05) is 32.1 Å². The minimum Gasteiger partial charge on any atom is -0.492 e. The largest absolute Gasteiger partial charge is 0.492 e. The molecule has 2 saturated heterocycles. The topological polar surface area (TPSA) is 81.2 Å². The van der Waals surface area contributed by atoms with Crippen LogP contribution in [0.2, 0.25) is 0 Å². The van der Waals surface area contributed by atoms with E-state index in [1.54, 1.807) is 11.8 Å². The number of ether oxygens (including phenoxy) is 3. The number of esters is 1. The zero-order valence-electron chi connectivity index (χ0n) is 20.4. The molecule has 3 heterocycles. The lowest BCUT2D eigenvalue weighted by molar-refractivity contribution is -0.153. The molecule has 1 aromatic heterocycles. The quantitative estimate of drug-likeness (QED) is 0.393. The van der Waals surface area contributed by atoms with Gasteiger partial charge in [-0.3, -0.25) is 9.69 Å². The highest BCUT2D eigenvalue weighted by Gasteiger charge is 2.41. The van der Waals surface area contributed by atoms with Crippen LogP contribution in [-0.4, -0.2) is 71.6 Å². The van der Waals surface area contributed by atoms with Gasteiger partial charge in [0.25, 0.3) is 5.19 Å². The molecule has 0 radical (unpaired) electrons. The monoisotopic (exact) mass is 509 g/mol. The van der Waals surface area contributed by atoms with E-state index < -0.39 is 6.04 Å². The number of benzene rings is 2. The van der Waals surface area contributed by atoms with Crippen LogP contribution in [0, 0.1) is 0 Å². The summed E-state index contributed by atoms with van der Waals surface area (Å²) in [6, 6.07) is 15.3. The Morgan fingerprint density at radius 1 is 1.06 bits per heavy atom. The predicted octanol–water partition coefficient (Wildman–Crippen LogP) is 4.49. The minimum absolute atomic E-state index is 0.0744. The molecule has 36 heavy (non-hydrogen) atoms. The first-order chi connectivity index (χ1) is 17.6. The van der Waals surface area contributed by atoms with Gasteiger partial charge in [0.15, 0.2) is 0 Å². The van der Waals surface area contributed by atoms with Gasteiger partial charge in [-0.25, -0.2) is 9.78 Å². The Bertz CT molecular complexity index is 1160. The number of rotatable bonds is 9. The van der Waals surface area contributed by atoms with E-state index in [-0.39, 0.29) is 17.9 Å². The summed E-state index contributed by atoms with van der Waals surface area (Å²) in [5, 5.41) is 0.623. The highest BCUT2D eigenvalue weighted by molar-refractivity contribution is 7.20. The molecule has 3 aromatic rings. The molecule has 8 nitrogen and oxygen atoms in total. The van der Waals surface area contributed by atoms with Crippen molar-refractivity contribution in [3.63, 3.8) is 0 Å². The molecule has 1 unspecified atom stereocenters.